The molecule has 0 unspecified atom stereocenters. The first kappa shape index (κ1) is 44.9. The summed E-state index contributed by atoms with van der Waals surface area (Å²) in [6, 6.07) is 33.7. The predicted octanol–water partition coefficient (Wildman–Crippen LogP) is 8.77. The number of nitrogens with zero attached hydrogens (tertiary/aromatic N) is 2. The van der Waals surface area contributed by atoms with Gasteiger partial charge in [-0.1, -0.05) is 31.7 Å². The Morgan fingerprint density at radius 3 is 1.68 bits per heavy atom. The summed E-state index contributed by atoms with van der Waals surface area (Å²) in [5, 5.41) is 17.3. The molecular formula is C46H48N7O7-. The largest absolute Gasteiger partial charge is 0.870 e. The fourth-order valence-corrected chi connectivity index (χ4v) is 6.37. The number of rotatable bonds is 7. The van der Waals surface area contributed by atoms with Gasteiger partial charge in [0.25, 0.3) is 0 Å². The number of aliphatic imine (C=N–C) groups is 1. The van der Waals surface area contributed by atoms with Crippen molar-refractivity contribution >= 4 is 57.1 Å². The molecule has 0 saturated carbocycles. The summed E-state index contributed by atoms with van der Waals surface area (Å²) in [5.41, 5.74) is 37.0. The number of carbonyl (C=O) groups is 2. The van der Waals surface area contributed by atoms with E-state index in [9.17, 15) is 9.59 Å². The molecule has 1 aliphatic heterocycles. The number of methoxy groups -OCH3 is 2. The lowest BCUT2D eigenvalue weighted by atomic mass is 9.98. The molecule has 0 atom stereocenters. The third kappa shape index (κ3) is 10.4. The van der Waals surface area contributed by atoms with Gasteiger partial charge in [0.2, 0.25) is 0 Å². The zero-order valence-electron chi connectivity index (χ0n) is 32.8. The number of aromatic nitrogens is 2. The van der Waals surface area contributed by atoms with Crippen molar-refractivity contribution in [2.45, 2.75) is 27.7 Å². The zero-order valence-corrected chi connectivity index (χ0v) is 32.8. The molecule has 2 heterocycles. The number of aryl methyl sites for hydroxylation is 2. The molecule has 0 spiro atoms. The van der Waals surface area contributed by atoms with Gasteiger partial charge in [0, 0.05) is 12.0 Å². The molecule has 1 aromatic heterocycles. The number of anilines is 4. The maximum atomic E-state index is 10.6. The lowest BCUT2D eigenvalue weighted by molar-refractivity contribution is 0.0696. The van der Waals surface area contributed by atoms with Gasteiger partial charge >= 0.3 is 11.9 Å². The SMILES string of the molecule is C.COc1cc(C(=O)O)cc(C(=O)O)c1.COc1cc(C)cc(C2=Nc3ccc(-c4ccc5nc(C)[nH]c5c4)cc3C2)c1.Nc1ccc(-c2ccc(N)c(N)c2)cc1N.[OH-]. The number of benzene rings is 6. The van der Waals surface area contributed by atoms with Crippen molar-refractivity contribution in [1.29, 1.82) is 0 Å². The number of hydrogen-bond acceptors (Lipinski definition) is 11. The zero-order chi connectivity index (χ0) is 41.7. The van der Waals surface area contributed by atoms with Gasteiger partial charge in [-0.2, -0.15) is 0 Å². The molecule has 8 rings (SSSR count). The Kier molecular flexibility index (Phi) is 14.3. The van der Waals surface area contributed by atoms with Gasteiger partial charge in [-0.3, -0.25) is 4.99 Å². The predicted molar refractivity (Wildman–Crippen MR) is 239 cm³/mol. The minimum absolute atomic E-state index is 0. The molecule has 0 bridgehead atoms. The first-order chi connectivity index (χ1) is 27.7. The van der Waals surface area contributed by atoms with E-state index in [4.69, 9.17) is 47.6 Å². The second kappa shape index (κ2) is 19.1. The minimum Gasteiger partial charge on any atom is -0.870 e. The van der Waals surface area contributed by atoms with E-state index in [1.165, 1.54) is 41.5 Å². The Bertz CT molecular complexity index is 2640. The van der Waals surface area contributed by atoms with Crippen molar-refractivity contribution < 1.29 is 34.8 Å². The fourth-order valence-electron chi connectivity index (χ4n) is 6.37. The number of aromatic amines is 1. The monoisotopic (exact) mass is 810 g/mol. The van der Waals surface area contributed by atoms with Crippen LogP contribution in [-0.2, 0) is 6.42 Å². The fraction of sp³-hybridized carbons (Fsp3) is 0.130. The van der Waals surface area contributed by atoms with Crippen molar-refractivity contribution in [2.75, 3.05) is 37.2 Å². The number of H-pyrrole nitrogens is 1. The maximum absolute atomic E-state index is 10.6. The number of carboxylic acids is 2. The first-order valence-electron chi connectivity index (χ1n) is 18.0. The van der Waals surface area contributed by atoms with Gasteiger partial charge in [0.05, 0.1) is 70.5 Å². The van der Waals surface area contributed by atoms with Crippen LogP contribution in [-0.4, -0.2) is 57.5 Å². The number of aromatic carboxylic acids is 2. The van der Waals surface area contributed by atoms with Crippen molar-refractivity contribution in [3.8, 4) is 33.8 Å². The molecule has 0 amide bonds. The summed E-state index contributed by atoms with van der Waals surface area (Å²) in [6.45, 7) is 4.06. The number of carboxylic acid groups (broad SMARTS) is 2. The number of imidazole rings is 1. The van der Waals surface area contributed by atoms with Crippen LogP contribution in [0.1, 0.15) is 50.7 Å². The highest BCUT2D eigenvalue weighted by atomic mass is 16.5. The van der Waals surface area contributed by atoms with Crippen LogP contribution in [0, 0.1) is 13.8 Å². The average Bonchev–Trinajstić information content (AvgIpc) is 3.82. The van der Waals surface area contributed by atoms with E-state index < -0.39 is 11.9 Å². The summed E-state index contributed by atoms with van der Waals surface area (Å²) in [7, 11) is 3.04. The van der Waals surface area contributed by atoms with Gasteiger partial charge in [-0.15, -0.1) is 0 Å². The Morgan fingerprint density at radius 2 is 1.13 bits per heavy atom. The van der Waals surface area contributed by atoms with Crippen LogP contribution in [0.3, 0.4) is 0 Å². The van der Waals surface area contributed by atoms with Crippen molar-refractivity contribution in [3.05, 3.63) is 143 Å². The van der Waals surface area contributed by atoms with Crippen LogP contribution in [0.4, 0.5) is 28.4 Å². The van der Waals surface area contributed by atoms with Crippen LogP contribution in [0.25, 0.3) is 33.3 Å². The van der Waals surface area contributed by atoms with Gasteiger partial charge in [-0.05, 0) is 132 Å². The molecule has 1 aliphatic rings. The lowest BCUT2D eigenvalue weighted by Gasteiger charge is -2.07. The van der Waals surface area contributed by atoms with E-state index in [-0.39, 0.29) is 29.8 Å². The van der Waals surface area contributed by atoms with E-state index in [2.05, 4.69) is 65.4 Å². The van der Waals surface area contributed by atoms with Crippen molar-refractivity contribution in [2.24, 2.45) is 4.99 Å². The second-order valence-electron chi connectivity index (χ2n) is 13.6. The van der Waals surface area contributed by atoms with Crippen LogP contribution in [0.15, 0.2) is 114 Å². The first-order valence-corrected chi connectivity index (χ1v) is 18.0. The van der Waals surface area contributed by atoms with E-state index in [1.807, 2.05) is 37.3 Å². The Balaban J connectivity index is 0.000000213. The minimum atomic E-state index is -1.19. The number of fused-ring (bicyclic) bond motifs is 2. The standard InChI is InChI=1S/C24H21N3O.C12H14N4.C9H8O5.CH4.H2O/c1-14-8-18(11-20(9-14)28-3)23-13-19-10-16(4-6-21(19)27-23)17-5-7-22-24(12-17)26-15(2)25-22;13-9-3-1-7(5-11(9)15)8-2-4-10(14)12(16)6-8;1-14-7-3-5(8(10)11)2-6(4-7)9(12)13;;/h4-12H,13H2,1-3H3,(H,25,26);1-6H,13-16H2;2-4H,1H3,(H,10,11)(H,12,13);1H4;1H2/p-1. The smallest absolute Gasteiger partial charge is 0.335 e. The van der Waals surface area contributed by atoms with Crippen LogP contribution < -0.4 is 32.4 Å². The maximum Gasteiger partial charge on any atom is 0.335 e. The summed E-state index contributed by atoms with van der Waals surface area (Å²) in [6.07, 6.45) is 0.835. The summed E-state index contributed by atoms with van der Waals surface area (Å²) >= 11 is 0. The number of ether oxygens (including phenoxy) is 2. The van der Waals surface area contributed by atoms with Crippen LogP contribution in [0.2, 0.25) is 0 Å². The molecule has 6 aromatic carbocycles. The highest BCUT2D eigenvalue weighted by molar-refractivity contribution is 6.07. The highest BCUT2D eigenvalue weighted by Crippen LogP contribution is 2.35. The van der Waals surface area contributed by atoms with Gasteiger partial charge in [0.15, 0.2) is 0 Å². The van der Waals surface area contributed by atoms with Crippen LogP contribution >= 0.6 is 0 Å². The van der Waals surface area contributed by atoms with Crippen molar-refractivity contribution in [3.63, 3.8) is 0 Å². The number of nitrogens with one attached hydrogen (secondary N) is 1. The molecule has 0 aliphatic carbocycles. The topological polar surface area (TPSA) is 268 Å². The van der Waals surface area contributed by atoms with Crippen LogP contribution in [0.5, 0.6) is 11.5 Å². The molecule has 14 heteroatoms. The van der Waals surface area contributed by atoms with Gasteiger partial charge in [-0.25, -0.2) is 14.6 Å². The van der Waals surface area contributed by atoms with Crippen molar-refractivity contribution in [1.82, 2.24) is 9.97 Å². The summed E-state index contributed by atoms with van der Waals surface area (Å²) in [4.78, 5) is 33.9. The van der Waals surface area contributed by atoms with Gasteiger partial charge < -0.3 is 53.1 Å². The molecule has 310 valence electrons. The van der Waals surface area contributed by atoms with E-state index >= 15 is 0 Å². The molecular weight excluding hydrogens is 763 g/mol. The second-order valence-corrected chi connectivity index (χ2v) is 13.6. The highest BCUT2D eigenvalue weighted by Gasteiger charge is 2.18. The third-order valence-electron chi connectivity index (χ3n) is 9.39. The Morgan fingerprint density at radius 1 is 0.617 bits per heavy atom. The molecule has 14 nitrogen and oxygen atoms in total. The summed E-state index contributed by atoms with van der Waals surface area (Å²) < 4.78 is 10.2. The normalized spacial score (nSPS) is 11.0. The number of nitrogen functional groups attached to an aromatic ring is 4. The summed E-state index contributed by atoms with van der Waals surface area (Å²) in [5.74, 6) is -0.356. The number of nitrogens with two attached hydrogens (primary N) is 4. The average molecular weight is 811 g/mol. The quantitative estimate of drug-likeness (QED) is 0.0745. The number of hydrogen-bond donors (Lipinski definition) is 7. The van der Waals surface area contributed by atoms with E-state index in [0.29, 0.717) is 22.7 Å². The molecule has 60 heavy (non-hydrogen) atoms. The molecule has 0 fully saturated rings. The molecule has 12 N–H and O–H groups in total. The Labute approximate surface area is 347 Å². The third-order valence-corrected chi connectivity index (χ3v) is 9.39. The van der Waals surface area contributed by atoms with E-state index in [0.717, 1.165) is 63.2 Å². The van der Waals surface area contributed by atoms with Gasteiger partial charge in [0.1, 0.15) is 17.3 Å². The lowest BCUT2D eigenvalue weighted by Crippen LogP contribution is -2.03. The molecule has 7 aromatic rings. The Hall–Kier alpha value is -7.84. The van der Waals surface area contributed by atoms with E-state index in [1.54, 1.807) is 19.2 Å². The molecule has 0 saturated heterocycles. The molecule has 0 radical (unpaired) electrons.